The third-order valence-electron chi connectivity index (χ3n) is 4.38. The average Bonchev–Trinajstić information content (AvgIpc) is 2.74. The number of aliphatic hydroxyl groups excluding tert-OH is 1. The van der Waals surface area contributed by atoms with Crippen molar-refractivity contribution in [3.05, 3.63) is 0 Å². The van der Waals surface area contributed by atoms with Crippen LogP contribution in [0.1, 0.15) is 64.2 Å². The highest BCUT2D eigenvalue weighted by Gasteiger charge is 2.35. The van der Waals surface area contributed by atoms with Crippen LogP contribution in [0.3, 0.4) is 0 Å². The van der Waals surface area contributed by atoms with E-state index in [1.807, 2.05) is 0 Å². The van der Waals surface area contributed by atoms with Gasteiger partial charge >= 0.3 is 0 Å². The third-order valence-corrected chi connectivity index (χ3v) is 4.38. The van der Waals surface area contributed by atoms with Gasteiger partial charge in [0, 0.05) is 6.61 Å². The fourth-order valence-corrected chi connectivity index (χ4v) is 3.16. The van der Waals surface area contributed by atoms with Crippen molar-refractivity contribution in [2.45, 2.75) is 82.0 Å². The molecule has 3 nitrogen and oxygen atoms in total. The van der Waals surface area contributed by atoms with Crippen LogP contribution in [0.15, 0.2) is 0 Å². The third kappa shape index (κ3) is 3.67. The normalized spacial score (nSPS) is 31.1. The van der Waals surface area contributed by atoms with E-state index in [-0.39, 0.29) is 0 Å². The molecule has 2 atom stereocenters. The van der Waals surface area contributed by atoms with E-state index in [9.17, 15) is 10.2 Å². The topological polar surface area (TPSA) is 49.7 Å². The lowest BCUT2D eigenvalue weighted by Gasteiger charge is -2.32. The largest absolute Gasteiger partial charge is 0.390 e. The van der Waals surface area contributed by atoms with Gasteiger partial charge in [0.25, 0.3) is 0 Å². The van der Waals surface area contributed by atoms with Gasteiger partial charge in [0.1, 0.15) is 0 Å². The van der Waals surface area contributed by atoms with Gasteiger partial charge in [0.05, 0.1) is 17.8 Å². The van der Waals surface area contributed by atoms with Gasteiger partial charge < -0.3 is 14.9 Å². The SMILES string of the molecule is OC(CCC1CCCO1)C1(O)CCCCCC1. The molecule has 0 spiro atoms. The Labute approximate surface area is 104 Å². The van der Waals surface area contributed by atoms with Crippen LogP contribution in [0.4, 0.5) is 0 Å². The molecule has 0 amide bonds. The molecule has 0 aromatic rings. The zero-order valence-electron chi connectivity index (χ0n) is 10.7. The molecule has 2 aliphatic rings. The van der Waals surface area contributed by atoms with Crippen molar-refractivity contribution in [2.75, 3.05) is 6.61 Å². The van der Waals surface area contributed by atoms with Gasteiger partial charge in [-0.05, 0) is 38.5 Å². The Hall–Kier alpha value is -0.120. The number of hydrogen-bond donors (Lipinski definition) is 2. The van der Waals surface area contributed by atoms with E-state index in [0.29, 0.717) is 12.5 Å². The Balaban J connectivity index is 1.77. The van der Waals surface area contributed by atoms with Crippen molar-refractivity contribution in [3.63, 3.8) is 0 Å². The van der Waals surface area contributed by atoms with Crippen LogP contribution in [0.5, 0.6) is 0 Å². The van der Waals surface area contributed by atoms with Crippen molar-refractivity contribution >= 4 is 0 Å². The van der Waals surface area contributed by atoms with E-state index in [1.54, 1.807) is 0 Å². The van der Waals surface area contributed by atoms with Crippen molar-refractivity contribution < 1.29 is 14.9 Å². The molecule has 3 heteroatoms. The molecule has 100 valence electrons. The van der Waals surface area contributed by atoms with Gasteiger partial charge in [-0.1, -0.05) is 25.7 Å². The first-order valence-electron chi connectivity index (χ1n) is 7.23. The zero-order valence-corrected chi connectivity index (χ0v) is 10.7. The second-order valence-corrected chi connectivity index (χ2v) is 5.75. The van der Waals surface area contributed by atoms with E-state index >= 15 is 0 Å². The molecule has 0 aromatic heterocycles. The Kier molecular flexibility index (Phi) is 4.83. The second-order valence-electron chi connectivity index (χ2n) is 5.75. The summed E-state index contributed by atoms with van der Waals surface area (Å²) in [5, 5.41) is 20.7. The molecule has 1 heterocycles. The molecule has 2 fully saturated rings. The molecule has 1 aliphatic carbocycles. The summed E-state index contributed by atoms with van der Waals surface area (Å²) < 4.78 is 5.56. The summed E-state index contributed by atoms with van der Waals surface area (Å²) in [7, 11) is 0. The molecule has 2 rings (SSSR count). The number of rotatable bonds is 4. The highest BCUT2D eigenvalue weighted by atomic mass is 16.5. The minimum atomic E-state index is -0.824. The maximum absolute atomic E-state index is 10.5. The maximum atomic E-state index is 10.5. The van der Waals surface area contributed by atoms with Gasteiger partial charge in [-0.3, -0.25) is 0 Å². The highest BCUT2D eigenvalue weighted by Crippen LogP contribution is 2.32. The minimum Gasteiger partial charge on any atom is -0.390 e. The first kappa shape index (κ1) is 13.3. The lowest BCUT2D eigenvalue weighted by molar-refractivity contribution is -0.0911. The van der Waals surface area contributed by atoms with Gasteiger partial charge in [-0.2, -0.15) is 0 Å². The number of aliphatic hydroxyl groups is 2. The maximum Gasteiger partial charge on any atom is 0.0905 e. The Morgan fingerprint density at radius 2 is 1.82 bits per heavy atom. The minimum absolute atomic E-state index is 0.319. The molecule has 0 aromatic carbocycles. The van der Waals surface area contributed by atoms with E-state index < -0.39 is 11.7 Å². The predicted octanol–water partition coefficient (Wildman–Crippen LogP) is 2.39. The fraction of sp³-hybridized carbons (Fsp3) is 1.00. The van der Waals surface area contributed by atoms with Gasteiger partial charge in [0.15, 0.2) is 0 Å². The zero-order chi connectivity index (χ0) is 12.1. The summed E-state index contributed by atoms with van der Waals surface area (Å²) in [5.41, 5.74) is -0.824. The highest BCUT2D eigenvalue weighted by molar-refractivity contribution is 4.88. The van der Waals surface area contributed by atoms with Crippen LogP contribution >= 0.6 is 0 Å². The van der Waals surface area contributed by atoms with E-state index in [0.717, 1.165) is 51.6 Å². The van der Waals surface area contributed by atoms with Gasteiger partial charge in [-0.15, -0.1) is 0 Å². The summed E-state index contributed by atoms with van der Waals surface area (Å²) in [5.74, 6) is 0. The Morgan fingerprint density at radius 1 is 1.12 bits per heavy atom. The van der Waals surface area contributed by atoms with Crippen molar-refractivity contribution in [2.24, 2.45) is 0 Å². The molecule has 2 N–H and O–H groups in total. The Morgan fingerprint density at radius 3 is 2.41 bits per heavy atom. The van der Waals surface area contributed by atoms with Crippen LogP contribution < -0.4 is 0 Å². The molecular formula is C14H26O3. The summed E-state index contributed by atoms with van der Waals surface area (Å²) in [6.07, 6.45) is 9.60. The van der Waals surface area contributed by atoms with Crippen molar-refractivity contribution in [1.29, 1.82) is 0 Å². The van der Waals surface area contributed by atoms with E-state index in [1.165, 1.54) is 12.8 Å². The fourth-order valence-electron chi connectivity index (χ4n) is 3.16. The quantitative estimate of drug-likeness (QED) is 0.744. The van der Waals surface area contributed by atoms with Crippen LogP contribution in [0.2, 0.25) is 0 Å². The summed E-state index contributed by atoms with van der Waals surface area (Å²) in [6, 6.07) is 0. The molecule has 1 saturated heterocycles. The second kappa shape index (κ2) is 6.17. The monoisotopic (exact) mass is 242 g/mol. The van der Waals surface area contributed by atoms with Crippen LogP contribution in [0.25, 0.3) is 0 Å². The molecular weight excluding hydrogens is 216 g/mol. The standard InChI is InChI=1S/C14H26O3/c15-13(8-7-12-6-5-11-17-12)14(16)9-3-1-2-4-10-14/h12-13,15-16H,1-11H2. The molecule has 17 heavy (non-hydrogen) atoms. The molecule has 1 aliphatic heterocycles. The van der Waals surface area contributed by atoms with Crippen LogP contribution in [0, 0.1) is 0 Å². The Bertz CT molecular complexity index is 216. The average molecular weight is 242 g/mol. The number of hydrogen-bond acceptors (Lipinski definition) is 3. The summed E-state index contributed by atoms with van der Waals surface area (Å²) in [6.45, 7) is 0.866. The molecule has 2 unspecified atom stereocenters. The van der Waals surface area contributed by atoms with Crippen LogP contribution in [-0.4, -0.2) is 34.6 Å². The van der Waals surface area contributed by atoms with Gasteiger partial charge in [0.2, 0.25) is 0 Å². The van der Waals surface area contributed by atoms with Crippen molar-refractivity contribution in [3.8, 4) is 0 Å². The van der Waals surface area contributed by atoms with Gasteiger partial charge in [-0.25, -0.2) is 0 Å². The molecule has 0 radical (unpaired) electrons. The number of ether oxygens (including phenoxy) is 1. The predicted molar refractivity (Wildman–Crippen MR) is 66.9 cm³/mol. The summed E-state index contributed by atoms with van der Waals surface area (Å²) in [4.78, 5) is 0. The molecule has 1 saturated carbocycles. The van der Waals surface area contributed by atoms with E-state index in [2.05, 4.69) is 0 Å². The summed E-state index contributed by atoms with van der Waals surface area (Å²) >= 11 is 0. The molecule has 0 bridgehead atoms. The van der Waals surface area contributed by atoms with E-state index in [4.69, 9.17) is 4.74 Å². The lowest BCUT2D eigenvalue weighted by atomic mass is 9.85. The lowest BCUT2D eigenvalue weighted by Crippen LogP contribution is -2.42. The first-order valence-corrected chi connectivity index (χ1v) is 7.23. The van der Waals surface area contributed by atoms with Crippen molar-refractivity contribution in [1.82, 2.24) is 0 Å². The van der Waals surface area contributed by atoms with Crippen LogP contribution in [-0.2, 0) is 4.74 Å². The first-order chi connectivity index (χ1) is 8.21. The smallest absolute Gasteiger partial charge is 0.0905 e.